The molecule has 0 saturated heterocycles. The van der Waals surface area contributed by atoms with Crippen molar-refractivity contribution >= 4 is 34.7 Å². The fraction of sp³-hybridized carbons (Fsp3) is 0.174. The van der Waals surface area contributed by atoms with Crippen molar-refractivity contribution in [1.29, 1.82) is 0 Å². The van der Waals surface area contributed by atoms with Crippen LogP contribution in [-0.2, 0) is 0 Å². The molecule has 3 amide bonds. The smallest absolute Gasteiger partial charge is 0.261 e. The Bertz CT molecular complexity index is 1080. The van der Waals surface area contributed by atoms with Gasteiger partial charge in [-0.05, 0) is 53.9 Å². The second-order valence-electron chi connectivity index (χ2n) is 6.59. The van der Waals surface area contributed by atoms with Crippen molar-refractivity contribution in [3.05, 3.63) is 76.0 Å². The van der Waals surface area contributed by atoms with Gasteiger partial charge in [0.15, 0.2) is 11.5 Å². The molecule has 3 aromatic rings. The fourth-order valence-electron chi connectivity index (χ4n) is 2.83. The number of carbonyl (C=O) groups excluding carboxylic acids is 3. The number of methoxy groups -OCH3 is 2. The van der Waals surface area contributed by atoms with E-state index in [1.54, 1.807) is 54.6 Å². The first-order chi connectivity index (χ1) is 15.5. The first kappa shape index (κ1) is 22.8. The van der Waals surface area contributed by atoms with E-state index in [0.717, 1.165) is 0 Å². The molecule has 0 aliphatic rings. The average molecular weight is 454 g/mol. The van der Waals surface area contributed by atoms with Crippen LogP contribution in [0, 0.1) is 0 Å². The maximum absolute atomic E-state index is 12.5. The SMILES string of the molecule is COc1ccc(C(=O)Nc2ccc(C(=O)NCCNC(=O)c3cccs3)cc2)cc1OC. The van der Waals surface area contributed by atoms with Crippen LogP contribution in [-0.4, -0.2) is 45.0 Å². The summed E-state index contributed by atoms with van der Waals surface area (Å²) < 4.78 is 10.4. The van der Waals surface area contributed by atoms with E-state index in [-0.39, 0.29) is 17.7 Å². The monoisotopic (exact) mass is 453 g/mol. The van der Waals surface area contributed by atoms with Crippen molar-refractivity contribution in [1.82, 2.24) is 10.6 Å². The molecule has 0 unspecified atom stereocenters. The Morgan fingerprint density at radius 3 is 2.06 bits per heavy atom. The normalized spacial score (nSPS) is 10.2. The van der Waals surface area contributed by atoms with Crippen molar-refractivity contribution in [3.63, 3.8) is 0 Å². The highest BCUT2D eigenvalue weighted by atomic mass is 32.1. The third-order valence-corrected chi connectivity index (χ3v) is 5.36. The van der Waals surface area contributed by atoms with Gasteiger partial charge in [0.1, 0.15) is 0 Å². The molecule has 0 fully saturated rings. The third-order valence-electron chi connectivity index (χ3n) is 4.49. The molecule has 2 aromatic carbocycles. The molecule has 0 radical (unpaired) electrons. The number of anilines is 1. The van der Waals surface area contributed by atoms with Gasteiger partial charge < -0.3 is 25.4 Å². The van der Waals surface area contributed by atoms with E-state index in [4.69, 9.17) is 9.47 Å². The Labute approximate surface area is 189 Å². The minimum absolute atomic E-state index is 0.163. The molecule has 0 spiro atoms. The van der Waals surface area contributed by atoms with Crippen LogP contribution < -0.4 is 25.4 Å². The van der Waals surface area contributed by atoms with Gasteiger partial charge in [-0.3, -0.25) is 14.4 Å². The van der Waals surface area contributed by atoms with Crippen molar-refractivity contribution < 1.29 is 23.9 Å². The highest BCUT2D eigenvalue weighted by Gasteiger charge is 2.12. The molecule has 1 heterocycles. The minimum Gasteiger partial charge on any atom is -0.493 e. The van der Waals surface area contributed by atoms with Crippen LogP contribution in [0.15, 0.2) is 60.0 Å². The average Bonchev–Trinajstić information content (AvgIpc) is 3.36. The second kappa shape index (κ2) is 11.0. The van der Waals surface area contributed by atoms with Gasteiger partial charge in [0.2, 0.25) is 0 Å². The first-order valence-electron chi connectivity index (χ1n) is 9.75. The molecule has 0 atom stereocenters. The van der Waals surface area contributed by atoms with Gasteiger partial charge in [-0.1, -0.05) is 6.07 Å². The highest BCUT2D eigenvalue weighted by Crippen LogP contribution is 2.27. The minimum atomic E-state index is -0.315. The summed E-state index contributed by atoms with van der Waals surface area (Å²) in [6.07, 6.45) is 0. The summed E-state index contributed by atoms with van der Waals surface area (Å²) in [5, 5.41) is 10.1. The Morgan fingerprint density at radius 1 is 0.781 bits per heavy atom. The highest BCUT2D eigenvalue weighted by molar-refractivity contribution is 7.12. The van der Waals surface area contributed by atoms with E-state index in [0.29, 0.717) is 46.3 Å². The lowest BCUT2D eigenvalue weighted by atomic mass is 10.1. The maximum Gasteiger partial charge on any atom is 0.261 e. The number of nitrogens with one attached hydrogen (secondary N) is 3. The first-order valence-corrected chi connectivity index (χ1v) is 10.6. The Hall–Kier alpha value is -3.85. The van der Waals surface area contributed by atoms with E-state index in [1.807, 2.05) is 5.38 Å². The number of benzene rings is 2. The van der Waals surface area contributed by atoms with Crippen molar-refractivity contribution in [2.75, 3.05) is 32.6 Å². The lowest BCUT2D eigenvalue weighted by Gasteiger charge is -2.10. The number of carbonyl (C=O) groups is 3. The van der Waals surface area contributed by atoms with Gasteiger partial charge in [-0.25, -0.2) is 0 Å². The number of hydrogen-bond donors (Lipinski definition) is 3. The summed E-state index contributed by atoms with van der Waals surface area (Å²) in [4.78, 5) is 37.2. The lowest BCUT2D eigenvalue weighted by Crippen LogP contribution is -2.34. The number of rotatable bonds is 9. The molecule has 1 aromatic heterocycles. The molecule has 32 heavy (non-hydrogen) atoms. The predicted molar refractivity (Wildman–Crippen MR) is 123 cm³/mol. The van der Waals surface area contributed by atoms with Crippen LogP contribution in [0.25, 0.3) is 0 Å². The van der Waals surface area contributed by atoms with Crippen LogP contribution in [0.1, 0.15) is 30.4 Å². The summed E-state index contributed by atoms with van der Waals surface area (Å²) in [5.74, 6) is 0.242. The maximum atomic E-state index is 12.5. The van der Waals surface area contributed by atoms with Gasteiger partial charge in [0.05, 0.1) is 19.1 Å². The lowest BCUT2D eigenvalue weighted by molar-refractivity contribution is 0.0929. The topological polar surface area (TPSA) is 106 Å². The molecule has 0 aliphatic carbocycles. The summed E-state index contributed by atoms with van der Waals surface area (Å²) >= 11 is 1.36. The molecule has 9 heteroatoms. The number of thiophene rings is 1. The zero-order chi connectivity index (χ0) is 22.9. The van der Waals surface area contributed by atoms with Crippen molar-refractivity contribution in [3.8, 4) is 11.5 Å². The van der Waals surface area contributed by atoms with Gasteiger partial charge >= 0.3 is 0 Å². The molecule has 166 valence electrons. The van der Waals surface area contributed by atoms with Gasteiger partial charge in [0, 0.05) is 29.9 Å². The molecular weight excluding hydrogens is 430 g/mol. The molecule has 8 nitrogen and oxygen atoms in total. The van der Waals surface area contributed by atoms with Crippen LogP contribution in [0.3, 0.4) is 0 Å². The number of ether oxygens (including phenoxy) is 2. The van der Waals surface area contributed by atoms with Crippen LogP contribution in [0.4, 0.5) is 5.69 Å². The molecule has 3 rings (SSSR count). The molecule has 0 bridgehead atoms. The summed E-state index contributed by atoms with van der Waals surface area (Å²) in [7, 11) is 3.03. The van der Waals surface area contributed by atoms with Crippen LogP contribution >= 0.6 is 11.3 Å². The Kier molecular flexibility index (Phi) is 7.82. The van der Waals surface area contributed by atoms with E-state index < -0.39 is 0 Å². The molecular formula is C23H23N3O5S. The van der Waals surface area contributed by atoms with Crippen LogP contribution in [0.2, 0.25) is 0 Å². The summed E-state index contributed by atoms with van der Waals surface area (Å²) in [5.41, 5.74) is 1.40. The van der Waals surface area contributed by atoms with Gasteiger partial charge in [0.25, 0.3) is 17.7 Å². The fourth-order valence-corrected chi connectivity index (χ4v) is 3.47. The van der Waals surface area contributed by atoms with Gasteiger partial charge in [-0.15, -0.1) is 11.3 Å². The van der Waals surface area contributed by atoms with Crippen molar-refractivity contribution in [2.45, 2.75) is 0 Å². The standard InChI is InChI=1S/C23H23N3O5S/c1-30-18-10-7-16(14-19(18)31-2)22(28)26-17-8-5-15(6-9-17)21(27)24-11-12-25-23(29)20-4-3-13-32-20/h3-10,13-14H,11-12H2,1-2H3,(H,24,27)(H,25,29)(H,26,28). The number of amides is 3. The molecule has 3 N–H and O–H groups in total. The Balaban J connectivity index is 1.49. The number of hydrogen-bond acceptors (Lipinski definition) is 6. The quantitative estimate of drug-likeness (QED) is 0.432. The largest absolute Gasteiger partial charge is 0.493 e. The van der Waals surface area contributed by atoms with E-state index in [9.17, 15) is 14.4 Å². The van der Waals surface area contributed by atoms with Crippen molar-refractivity contribution in [2.24, 2.45) is 0 Å². The van der Waals surface area contributed by atoms with E-state index >= 15 is 0 Å². The second-order valence-corrected chi connectivity index (χ2v) is 7.54. The predicted octanol–water partition coefficient (Wildman–Crippen LogP) is 3.18. The zero-order valence-corrected chi connectivity index (χ0v) is 18.5. The zero-order valence-electron chi connectivity index (χ0n) is 17.6. The summed E-state index contributed by atoms with van der Waals surface area (Å²) in [6, 6.07) is 14.9. The van der Waals surface area contributed by atoms with E-state index in [1.165, 1.54) is 25.6 Å². The Morgan fingerprint density at radius 2 is 1.44 bits per heavy atom. The summed E-state index contributed by atoms with van der Waals surface area (Å²) in [6.45, 7) is 0.621. The van der Waals surface area contributed by atoms with Gasteiger partial charge in [-0.2, -0.15) is 0 Å². The van der Waals surface area contributed by atoms with E-state index in [2.05, 4.69) is 16.0 Å². The molecule has 0 aliphatic heterocycles. The molecule has 0 saturated carbocycles. The van der Waals surface area contributed by atoms with Crippen LogP contribution in [0.5, 0.6) is 11.5 Å². The third kappa shape index (κ3) is 5.86.